The number of aromatic nitrogens is 2. The van der Waals surface area contributed by atoms with Crippen molar-refractivity contribution >= 4 is 17.8 Å². The molecule has 0 aliphatic carbocycles. The van der Waals surface area contributed by atoms with Crippen molar-refractivity contribution in [2.45, 2.75) is 59.0 Å². The lowest BCUT2D eigenvalue weighted by Gasteiger charge is -2.43. The second kappa shape index (κ2) is 10.5. The minimum Gasteiger partial charge on any atom is -0.491 e. The zero-order valence-corrected chi connectivity index (χ0v) is 21.8. The van der Waals surface area contributed by atoms with Crippen LogP contribution in [-0.2, 0) is 29.2 Å². The molecule has 0 bridgehead atoms. The molecular weight excluding hydrogens is 472 g/mol. The Morgan fingerprint density at radius 1 is 1.08 bits per heavy atom. The maximum Gasteiger partial charge on any atom is 0.359 e. The van der Waals surface area contributed by atoms with Gasteiger partial charge in [-0.2, -0.15) is 0 Å². The molecule has 2 aromatic carbocycles. The third-order valence-electron chi connectivity index (χ3n) is 6.44. The Hall–Kier alpha value is -4.14. The predicted molar refractivity (Wildman–Crippen MR) is 137 cm³/mol. The highest BCUT2D eigenvalue weighted by atomic mass is 16.5. The number of aryl methyl sites for hydroxylation is 1. The molecular formula is C28H32N4O5. The summed E-state index contributed by atoms with van der Waals surface area (Å²) in [6.07, 6.45) is 1.44. The lowest BCUT2D eigenvalue weighted by Crippen LogP contribution is -2.63. The maximum absolute atomic E-state index is 13.8. The Bertz CT molecular complexity index is 1300. The summed E-state index contributed by atoms with van der Waals surface area (Å²) in [6.45, 7) is 8.23. The van der Waals surface area contributed by atoms with E-state index in [0.717, 1.165) is 16.7 Å². The summed E-state index contributed by atoms with van der Waals surface area (Å²) in [5.74, 6) is -0.766. The number of ether oxygens (including phenoxy) is 2. The zero-order valence-electron chi connectivity index (χ0n) is 21.8. The number of hydrogen-bond donors (Lipinski definition) is 1. The summed E-state index contributed by atoms with van der Waals surface area (Å²) in [5, 5.41) is 2.99. The number of fused-ring (bicyclic) bond motifs is 1. The number of rotatable bonds is 8. The second-order valence-electron chi connectivity index (χ2n) is 9.71. The van der Waals surface area contributed by atoms with Gasteiger partial charge in [0.2, 0.25) is 5.91 Å². The largest absolute Gasteiger partial charge is 0.491 e. The first-order chi connectivity index (χ1) is 17.6. The lowest BCUT2D eigenvalue weighted by molar-refractivity contribution is -0.133. The fraction of sp³-hybridized carbons (Fsp3) is 0.357. The number of nitrogens with zero attached hydrogens (tertiary/aromatic N) is 3. The van der Waals surface area contributed by atoms with Gasteiger partial charge in [-0.25, -0.2) is 9.78 Å². The van der Waals surface area contributed by atoms with Crippen molar-refractivity contribution < 1.29 is 23.9 Å². The molecule has 3 aromatic rings. The molecule has 0 fully saturated rings. The van der Waals surface area contributed by atoms with E-state index in [1.807, 2.05) is 69.3 Å². The van der Waals surface area contributed by atoms with Crippen LogP contribution in [-0.4, -0.2) is 51.0 Å². The Balaban J connectivity index is 1.65. The highest BCUT2D eigenvalue weighted by Crippen LogP contribution is 2.31. The molecule has 1 unspecified atom stereocenters. The van der Waals surface area contributed by atoms with E-state index in [9.17, 15) is 14.4 Å². The highest BCUT2D eigenvalue weighted by Gasteiger charge is 2.48. The van der Waals surface area contributed by atoms with E-state index < -0.39 is 17.4 Å². The molecule has 0 spiro atoms. The van der Waals surface area contributed by atoms with E-state index in [0.29, 0.717) is 12.3 Å². The molecule has 1 aliphatic heterocycles. The van der Waals surface area contributed by atoms with Gasteiger partial charge in [0.1, 0.15) is 17.0 Å². The summed E-state index contributed by atoms with van der Waals surface area (Å²) in [6, 6.07) is 15.3. The van der Waals surface area contributed by atoms with Crippen molar-refractivity contribution in [1.82, 2.24) is 19.8 Å². The Kier molecular flexibility index (Phi) is 7.33. The first kappa shape index (κ1) is 25.9. The van der Waals surface area contributed by atoms with Crippen LogP contribution in [0.5, 0.6) is 5.75 Å². The van der Waals surface area contributed by atoms with Gasteiger partial charge in [-0.3, -0.25) is 9.59 Å². The molecule has 37 heavy (non-hydrogen) atoms. The van der Waals surface area contributed by atoms with Crippen LogP contribution in [0.2, 0.25) is 0 Å². The van der Waals surface area contributed by atoms with Gasteiger partial charge in [0.25, 0.3) is 5.91 Å². The summed E-state index contributed by atoms with van der Waals surface area (Å²) in [7, 11) is 1.24. The van der Waals surface area contributed by atoms with Gasteiger partial charge in [-0.15, -0.1) is 0 Å². The average molecular weight is 505 g/mol. The SMILES string of the molecule is COC(=O)c1ncn2c1C(=O)N(Cc1ccc(OC(C)C)cc1)C(C)(C(=O)NCc1ccc(C)cc1)C2. The molecule has 0 saturated heterocycles. The van der Waals surface area contributed by atoms with Gasteiger partial charge >= 0.3 is 5.97 Å². The van der Waals surface area contributed by atoms with Crippen molar-refractivity contribution in [2.24, 2.45) is 0 Å². The van der Waals surface area contributed by atoms with Crippen LogP contribution >= 0.6 is 0 Å². The normalized spacial score (nSPS) is 16.9. The molecule has 194 valence electrons. The van der Waals surface area contributed by atoms with Gasteiger partial charge < -0.3 is 24.3 Å². The molecule has 2 amide bonds. The standard InChI is InChI=1S/C28H32N4O5/c1-18(2)37-22-12-10-21(11-13-22)15-32-25(33)24-23(26(34)36-5)30-17-31(24)16-28(32,4)27(35)29-14-20-8-6-19(3)7-9-20/h6-13,17-18H,14-16H2,1-5H3,(H,29,35). The number of hydrogen-bond acceptors (Lipinski definition) is 6. The summed E-state index contributed by atoms with van der Waals surface area (Å²) < 4.78 is 12.1. The molecule has 9 heteroatoms. The molecule has 2 heterocycles. The van der Waals surface area contributed by atoms with E-state index >= 15 is 0 Å². The van der Waals surface area contributed by atoms with E-state index in [1.165, 1.54) is 18.3 Å². The van der Waals surface area contributed by atoms with Crippen LogP contribution in [0, 0.1) is 6.92 Å². The average Bonchev–Trinajstić information content (AvgIpc) is 3.29. The number of benzene rings is 2. The lowest BCUT2D eigenvalue weighted by atomic mass is 9.93. The van der Waals surface area contributed by atoms with Crippen molar-refractivity contribution in [3.8, 4) is 5.75 Å². The summed E-state index contributed by atoms with van der Waals surface area (Å²) >= 11 is 0. The van der Waals surface area contributed by atoms with Crippen LogP contribution in [0.4, 0.5) is 0 Å². The Morgan fingerprint density at radius 2 is 1.73 bits per heavy atom. The van der Waals surface area contributed by atoms with Crippen molar-refractivity contribution in [1.29, 1.82) is 0 Å². The third kappa shape index (κ3) is 5.35. The quantitative estimate of drug-likeness (QED) is 0.471. The van der Waals surface area contributed by atoms with E-state index in [1.54, 1.807) is 11.5 Å². The summed E-state index contributed by atoms with van der Waals surface area (Å²) in [4.78, 5) is 45.4. The number of esters is 1. The topological polar surface area (TPSA) is 103 Å². The van der Waals surface area contributed by atoms with Crippen LogP contribution in [0.1, 0.15) is 58.4 Å². The highest BCUT2D eigenvalue weighted by molar-refractivity contribution is 6.06. The third-order valence-corrected chi connectivity index (χ3v) is 6.44. The van der Waals surface area contributed by atoms with Crippen LogP contribution < -0.4 is 10.1 Å². The van der Waals surface area contributed by atoms with Gasteiger partial charge in [-0.1, -0.05) is 42.0 Å². The smallest absolute Gasteiger partial charge is 0.359 e. The van der Waals surface area contributed by atoms with Crippen LogP contribution in [0.3, 0.4) is 0 Å². The molecule has 1 aromatic heterocycles. The number of nitrogens with one attached hydrogen (secondary N) is 1. The van der Waals surface area contributed by atoms with Crippen molar-refractivity contribution in [3.63, 3.8) is 0 Å². The van der Waals surface area contributed by atoms with E-state index in [-0.39, 0.29) is 36.5 Å². The van der Waals surface area contributed by atoms with E-state index in [4.69, 9.17) is 9.47 Å². The minimum atomic E-state index is -1.24. The number of amides is 2. The van der Waals surface area contributed by atoms with Gasteiger partial charge in [-0.05, 0) is 51.0 Å². The van der Waals surface area contributed by atoms with E-state index in [2.05, 4.69) is 10.3 Å². The maximum atomic E-state index is 13.8. The predicted octanol–water partition coefficient (Wildman–Crippen LogP) is 3.50. The molecule has 1 atom stereocenters. The fourth-order valence-electron chi connectivity index (χ4n) is 4.39. The first-order valence-electron chi connectivity index (χ1n) is 12.2. The Labute approximate surface area is 216 Å². The van der Waals surface area contributed by atoms with Gasteiger partial charge in [0, 0.05) is 13.1 Å². The molecule has 4 rings (SSSR count). The number of carbonyl (C=O) groups is 3. The minimum absolute atomic E-state index is 0.0343. The van der Waals surface area contributed by atoms with Crippen molar-refractivity contribution in [3.05, 3.63) is 82.9 Å². The number of carbonyl (C=O) groups excluding carboxylic acids is 3. The zero-order chi connectivity index (χ0) is 26.7. The molecule has 0 radical (unpaired) electrons. The first-order valence-corrected chi connectivity index (χ1v) is 12.2. The molecule has 1 N–H and O–H groups in total. The van der Waals surface area contributed by atoms with Crippen molar-refractivity contribution in [2.75, 3.05) is 7.11 Å². The monoisotopic (exact) mass is 504 g/mol. The summed E-state index contributed by atoms with van der Waals surface area (Å²) in [5.41, 5.74) is 1.69. The molecule has 0 saturated carbocycles. The molecule has 1 aliphatic rings. The number of methoxy groups -OCH3 is 1. The van der Waals surface area contributed by atoms with Crippen LogP contribution in [0.25, 0.3) is 0 Å². The second-order valence-corrected chi connectivity index (χ2v) is 9.71. The molecule has 9 nitrogen and oxygen atoms in total. The van der Waals surface area contributed by atoms with Gasteiger partial charge in [0.05, 0.1) is 26.1 Å². The van der Waals surface area contributed by atoms with Gasteiger partial charge in [0.15, 0.2) is 5.69 Å². The number of imidazole rings is 1. The Morgan fingerprint density at radius 3 is 2.35 bits per heavy atom. The fourth-order valence-corrected chi connectivity index (χ4v) is 4.39. The van der Waals surface area contributed by atoms with Crippen LogP contribution in [0.15, 0.2) is 54.9 Å².